The van der Waals surface area contributed by atoms with Crippen molar-refractivity contribution in [1.82, 2.24) is 4.90 Å². The van der Waals surface area contributed by atoms with Gasteiger partial charge < -0.3 is 14.2 Å². The Morgan fingerprint density at radius 1 is 0.897 bits per heavy atom. The first-order valence-corrected chi connectivity index (χ1v) is 10.00. The number of ketones is 1. The Balaban J connectivity index is 1.95. The molecule has 0 spiro atoms. The van der Waals surface area contributed by atoms with Crippen molar-refractivity contribution in [2.45, 2.75) is 31.8 Å². The molecule has 1 saturated heterocycles. The molecule has 1 atom stereocenters. The molecule has 29 heavy (non-hydrogen) atoms. The molecular weight excluding hydrogens is 366 g/mol. The molecule has 5 nitrogen and oxygen atoms in total. The summed E-state index contributed by atoms with van der Waals surface area (Å²) >= 11 is 0. The molecule has 5 rings (SSSR count). The van der Waals surface area contributed by atoms with E-state index in [0.717, 1.165) is 64.4 Å². The van der Waals surface area contributed by atoms with E-state index in [2.05, 4.69) is 17.9 Å². The minimum Gasteiger partial charge on any atom is -0.497 e. The molecule has 0 bridgehead atoms. The zero-order valence-electron chi connectivity index (χ0n) is 17.3. The molecule has 0 unspecified atom stereocenters. The normalized spacial score (nSPS) is 21.3. The van der Waals surface area contributed by atoms with Crippen LogP contribution in [-0.4, -0.2) is 44.1 Å². The molecule has 150 valence electrons. The minimum atomic E-state index is -0.423. The molecule has 5 heteroatoms. The number of ether oxygens (including phenoxy) is 3. The molecule has 0 aliphatic carbocycles. The van der Waals surface area contributed by atoms with Crippen LogP contribution in [0.5, 0.6) is 17.2 Å². The van der Waals surface area contributed by atoms with Crippen molar-refractivity contribution in [2.75, 3.05) is 27.9 Å². The maximum Gasteiger partial charge on any atom is 0.183 e. The van der Waals surface area contributed by atoms with E-state index in [1.807, 2.05) is 24.3 Å². The van der Waals surface area contributed by atoms with Gasteiger partial charge in [-0.1, -0.05) is 6.07 Å². The van der Waals surface area contributed by atoms with Crippen LogP contribution in [-0.2, 0) is 6.54 Å². The molecule has 3 aromatic rings. The number of Topliss-reactive ketones (excluding diaryl/α,β-unsaturated/α-hetero) is 1. The average Bonchev–Trinajstić information content (AvgIpc) is 3.14. The van der Waals surface area contributed by atoms with Gasteiger partial charge in [0.15, 0.2) is 17.3 Å². The standard InChI is InChI=1S/C24H25NO4/c1-24-8-5-9-25(24)13-19-15-7-6-14(27-2)10-16(15)17-11-20(28-3)21(29-4)12-18(17)22(19)23(24)26/h6-7,10-12H,5,8-9,13H2,1-4H3/t24-/m1/s1. The van der Waals surface area contributed by atoms with Gasteiger partial charge in [-0.25, -0.2) is 0 Å². The smallest absolute Gasteiger partial charge is 0.183 e. The third kappa shape index (κ3) is 2.40. The molecule has 3 aromatic carbocycles. The number of fused-ring (bicyclic) bond motifs is 7. The third-order valence-electron chi connectivity index (χ3n) is 6.79. The monoisotopic (exact) mass is 391 g/mol. The zero-order chi connectivity index (χ0) is 20.3. The van der Waals surface area contributed by atoms with E-state index in [0.29, 0.717) is 11.5 Å². The highest BCUT2D eigenvalue weighted by Gasteiger charge is 2.48. The van der Waals surface area contributed by atoms with E-state index in [1.54, 1.807) is 21.3 Å². The van der Waals surface area contributed by atoms with Gasteiger partial charge in [-0.15, -0.1) is 0 Å². The lowest BCUT2D eigenvalue weighted by molar-refractivity contribution is 0.0652. The number of hydrogen-bond acceptors (Lipinski definition) is 5. The van der Waals surface area contributed by atoms with Crippen molar-refractivity contribution in [3.05, 3.63) is 41.5 Å². The largest absolute Gasteiger partial charge is 0.497 e. The summed E-state index contributed by atoms with van der Waals surface area (Å²) in [5.41, 5.74) is 1.51. The molecule has 1 fully saturated rings. The minimum absolute atomic E-state index is 0.214. The Kier molecular flexibility index (Phi) is 4.00. The average molecular weight is 391 g/mol. The first kappa shape index (κ1) is 18.3. The van der Waals surface area contributed by atoms with Crippen LogP contribution in [0.25, 0.3) is 21.5 Å². The number of nitrogens with zero attached hydrogens (tertiary/aromatic N) is 1. The lowest BCUT2D eigenvalue weighted by Gasteiger charge is -2.40. The van der Waals surface area contributed by atoms with E-state index in [4.69, 9.17) is 14.2 Å². The van der Waals surface area contributed by atoms with Crippen molar-refractivity contribution < 1.29 is 19.0 Å². The summed E-state index contributed by atoms with van der Waals surface area (Å²) in [4.78, 5) is 16.2. The number of methoxy groups -OCH3 is 3. The summed E-state index contributed by atoms with van der Waals surface area (Å²) < 4.78 is 16.6. The molecule has 0 saturated carbocycles. The number of hydrogen-bond donors (Lipinski definition) is 0. The fourth-order valence-corrected chi connectivity index (χ4v) is 5.16. The van der Waals surface area contributed by atoms with Gasteiger partial charge in [0, 0.05) is 12.1 Å². The second kappa shape index (κ2) is 6.36. The van der Waals surface area contributed by atoms with Crippen molar-refractivity contribution >= 4 is 27.3 Å². The van der Waals surface area contributed by atoms with Gasteiger partial charge in [0.1, 0.15) is 5.75 Å². The van der Waals surface area contributed by atoms with Gasteiger partial charge in [-0.05, 0) is 77.7 Å². The Hall–Kier alpha value is -2.79. The van der Waals surface area contributed by atoms with E-state index in [1.165, 1.54) is 0 Å². The SMILES string of the molecule is COc1ccc2c3c(c4cc(OC)c(OC)cc4c2c1)C(=O)[C@@]1(C)CCCN1C3. The lowest BCUT2D eigenvalue weighted by Crippen LogP contribution is -2.51. The highest BCUT2D eigenvalue weighted by molar-refractivity contribution is 6.23. The van der Waals surface area contributed by atoms with Crippen LogP contribution in [0.4, 0.5) is 0 Å². The molecule has 0 amide bonds. The van der Waals surface area contributed by atoms with Crippen LogP contribution in [0.1, 0.15) is 35.7 Å². The van der Waals surface area contributed by atoms with E-state index >= 15 is 0 Å². The van der Waals surface area contributed by atoms with Gasteiger partial charge >= 0.3 is 0 Å². The first-order valence-electron chi connectivity index (χ1n) is 10.00. The van der Waals surface area contributed by atoms with Crippen molar-refractivity contribution in [3.63, 3.8) is 0 Å². The van der Waals surface area contributed by atoms with Crippen molar-refractivity contribution in [3.8, 4) is 17.2 Å². The van der Waals surface area contributed by atoms with Crippen LogP contribution in [0.15, 0.2) is 30.3 Å². The summed E-state index contributed by atoms with van der Waals surface area (Å²) in [5, 5.41) is 4.08. The molecule has 0 aromatic heterocycles. The van der Waals surface area contributed by atoms with Crippen LogP contribution in [0.2, 0.25) is 0 Å². The molecule has 0 N–H and O–H groups in total. The van der Waals surface area contributed by atoms with Crippen molar-refractivity contribution in [2.24, 2.45) is 0 Å². The summed E-state index contributed by atoms with van der Waals surface area (Å²) in [6.45, 7) is 3.84. The van der Waals surface area contributed by atoms with Crippen LogP contribution < -0.4 is 14.2 Å². The second-order valence-corrected chi connectivity index (χ2v) is 8.15. The summed E-state index contributed by atoms with van der Waals surface area (Å²) in [5.74, 6) is 2.30. The second-order valence-electron chi connectivity index (χ2n) is 8.15. The predicted molar refractivity (Wildman–Crippen MR) is 113 cm³/mol. The molecule has 0 radical (unpaired) electrons. The Morgan fingerprint density at radius 2 is 1.59 bits per heavy atom. The molecule has 2 heterocycles. The van der Waals surface area contributed by atoms with Crippen molar-refractivity contribution in [1.29, 1.82) is 0 Å². The summed E-state index contributed by atoms with van der Waals surface area (Å²) in [6, 6.07) is 10.0. The number of carbonyl (C=O) groups is 1. The van der Waals surface area contributed by atoms with Gasteiger partial charge in [0.2, 0.25) is 0 Å². The quantitative estimate of drug-likeness (QED) is 0.612. The van der Waals surface area contributed by atoms with Gasteiger partial charge in [0.25, 0.3) is 0 Å². The Bertz CT molecular complexity index is 1170. The molecule has 2 aliphatic rings. The maximum atomic E-state index is 13.8. The Morgan fingerprint density at radius 3 is 2.28 bits per heavy atom. The zero-order valence-corrected chi connectivity index (χ0v) is 17.3. The van der Waals surface area contributed by atoms with E-state index in [-0.39, 0.29) is 5.78 Å². The molecular formula is C24H25NO4. The molecule has 2 aliphatic heterocycles. The predicted octanol–water partition coefficient (Wildman–Crippen LogP) is 4.57. The van der Waals surface area contributed by atoms with Crippen LogP contribution in [0, 0.1) is 0 Å². The van der Waals surface area contributed by atoms with Gasteiger partial charge in [-0.2, -0.15) is 0 Å². The number of rotatable bonds is 3. The lowest BCUT2D eigenvalue weighted by atomic mass is 9.78. The first-order chi connectivity index (χ1) is 14.0. The number of carbonyl (C=O) groups excluding carboxylic acids is 1. The fraction of sp³-hybridized carbons (Fsp3) is 0.375. The van der Waals surface area contributed by atoms with E-state index < -0.39 is 5.54 Å². The topological polar surface area (TPSA) is 48.0 Å². The van der Waals surface area contributed by atoms with Crippen LogP contribution in [0.3, 0.4) is 0 Å². The van der Waals surface area contributed by atoms with Gasteiger partial charge in [-0.3, -0.25) is 9.69 Å². The maximum absolute atomic E-state index is 13.8. The van der Waals surface area contributed by atoms with Gasteiger partial charge in [0.05, 0.1) is 26.9 Å². The Labute approximate surface area is 170 Å². The van der Waals surface area contributed by atoms with E-state index in [9.17, 15) is 4.79 Å². The number of benzene rings is 3. The summed E-state index contributed by atoms with van der Waals surface area (Å²) in [6.07, 6.45) is 1.96. The summed E-state index contributed by atoms with van der Waals surface area (Å²) in [7, 11) is 4.93. The third-order valence-corrected chi connectivity index (χ3v) is 6.79. The van der Waals surface area contributed by atoms with Crippen LogP contribution >= 0.6 is 0 Å². The fourth-order valence-electron chi connectivity index (χ4n) is 5.16. The highest BCUT2D eigenvalue weighted by atomic mass is 16.5. The highest BCUT2D eigenvalue weighted by Crippen LogP contribution is 2.47.